The highest BCUT2D eigenvalue weighted by molar-refractivity contribution is 5.69. The third-order valence-electron chi connectivity index (χ3n) is 2.75. The number of carboxylic acid groups (broad SMARTS) is 1. The van der Waals surface area contributed by atoms with Crippen molar-refractivity contribution in [3.8, 4) is 0 Å². The Hall–Kier alpha value is -0.830. The lowest BCUT2D eigenvalue weighted by Gasteiger charge is -2.30. The first-order valence-electron chi connectivity index (χ1n) is 5.09. The SMILES string of the molecule is C=CCN(CC(=O)O)C(C)C(C)CC. The molecule has 3 nitrogen and oxygen atoms in total. The molecule has 0 rings (SSSR count). The molecule has 0 spiro atoms. The van der Waals surface area contributed by atoms with Crippen LogP contribution in [0.4, 0.5) is 0 Å². The van der Waals surface area contributed by atoms with Crippen LogP contribution in [0.3, 0.4) is 0 Å². The van der Waals surface area contributed by atoms with Crippen molar-refractivity contribution >= 4 is 5.97 Å². The first-order chi connectivity index (χ1) is 6.52. The molecule has 0 saturated heterocycles. The molecule has 0 fully saturated rings. The molecule has 82 valence electrons. The van der Waals surface area contributed by atoms with Gasteiger partial charge in [0, 0.05) is 12.6 Å². The van der Waals surface area contributed by atoms with E-state index in [-0.39, 0.29) is 12.6 Å². The molecule has 0 aliphatic rings. The smallest absolute Gasteiger partial charge is 0.317 e. The van der Waals surface area contributed by atoms with Crippen LogP contribution in [0.15, 0.2) is 12.7 Å². The van der Waals surface area contributed by atoms with Crippen LogP contribution in [-0.4, -0.2) is 35.1 Å². The molecule has 14 heavy (non-hydrogen) atoms. The molecule has 0 radical (unpaired) electrons. The van der Waals surface area contributed by atoms with Crippen molar-refractivity contribution in [1.29, 1.82) is 0 Å². The van der Waals surface area contributed by atoms with Crippen LogP contribution in [0, 0.1) is 5.92 Å². The van der Waals surface area contributed by atoms with E-state index >= 15 is 0 Å². The van der Waals surface area contributed by atoms with Crippen LogP contribution < -0.4 is 0 Å². The highest BCUT2D eigenvalue weighted by Crippen LogP contribution is 2.13. The Kier molecular flexibility index (Phi) is 6.21. The second kappa shape index (κ2) is 6.60. The molecule has 0 aromatic carbocycles. The minimum absolute atomic E-state index is 0.0948. The highest BCUT2D eigenvalue weighted by Gasteiger charge is 2.19. The van der Waals surface area contributed by atoms with E-state index in [1.807, 2.05) is 4.90 Å². The molecule has 0 aromatic rings. The summed E-state index contributed by atoms with van der Waals surface area (Å²) in [7, 11) is 0. The third-order valence-corrected chi connectivity index (χ3v) is 2.75. The highest BCUT2D eigenvalue weighted by atomic mass is 16.4. The van der Waals surface area contributed by atoms with E-state index in [4.69, 9.17) is 5.11 Å². The summed E-state index contributed by atoms with van der Waals surface area (Å²) in [5.41, 5.74) is 0. The van der Waals surface area contributed by atoms with Crippen LogP contribution in [0.1, 0.15) is 27.2 Å². The van der Waals surface area contributed by atoms with Gasteiger partial charge in [0.15, 0.2) is 0 Å². The zero-order chi connectivity index (χ0) is 11.1. The van der Waals surface area contributed by atoms with Crippen molar-refractivity contribution in [2.45, 2.75) is 33.2 Å². The van der Waals surface area contributed by atoms with Crippen molar-refractivity contribution < 1.29 is 9.90 Å². The number of aliphatic carboxylic acids is 1. The Labute approximate surface area is 86.4 Å². The summed E-state index contributed by atoms with van der Waals surface area (Å²) in [6.45, 7) is 10.7. The van der Waals surface area contributed by atoms with Crippen LogP contribution in [-0.2, 0) is 4.79 Å². The van der Waals surface area contributed by atoms with Crippen LogP contribution in [0.25, 0.3) is 0 Å². The maximum Gasteiger partial charge on any atom is 0.317 e. The van der Waals surface area contributed by atoms with Gasteiger partial charge in [0.05, 0.1) is 6.54 Å². The van der Waals surface area contributed by atoms with Gasteiger partial charge in [-0.1, -0.05) is 26.3 Å². The topological polar surface area (TPSA) is 40.5 Å². The number of rotatable bonds is 7. The monoisotopic (exact) mass is 199 g/mol. The molecular formula is C11H21NO2. The minimum atomic E-state index is -0.776. The number of nitrogens with zero attached hydrogens (tertiary/aromatic N) is 1. The first-order valence-corrected chi connectivity index (χ1v) is 5.09. The maximum atomic E-state index is 10.6. The molecule has 0 amide bonds. The van der Waals surface area contributed by atoms with E-state index in [1.54, 1.807) is 6.08 Å². The molecule has 0 aromatic heterocycles. The number of carbonyl (C=O) groups is 1. The lowest BCUT2D eigenvalue weighted by Crippen LogP contribution is -2.40. The maximum absolute atomic E-state index is 10.6. The van der Waals surface area contributed by atoms with E-state index in [9.17, 15) is 4.79 Å². The largest absolute Gasteiger partial charge is 0.480 e. The molecule has 2 unspecified atom stereocenters. The summed E-state index contributed by atoms with van der Waals surface area (Å²) in [5, 5.41) is 8.74. The predicted molar refractivity (Wildman–Crippen MR) is 58.3 cm³/mol. The summed E-state index contributed by atoms with van der Waals surface area (Å²) >= 11 is 0. The van der Waals surface area contributed by atoms with Crippen molar-refractivity contribution in [3.63, 3.8) is 0 Å². The lowest BCUT2D eigenvalue weighted by molar-refractivity contribution is -0.138. The third kappa shape index (κ3) is 4.42. The van der Waals surface area contributed by atoms with Gasteiger partial charge in [-0.25, -0.2) is 0 Å². The molecular weight excluding hydrogens is 178 g/mol. The Morgan fingerprint density at radius 1 is 1.57 bits per heavy atom. The average molecular weight is 199 g/mol. The lowest BCUT2D eigenvalue weighted by atomic mass is 9.99. The second-order valence-electron chi connectivity index (χ2n) is 3.74. The predicted octanol–water partition coefficient (Wildman–Crippen LogP) is 1.99. The minimum Gasteiger partial charge on any atom is -0.480 e. The summed E-state index contributed by atoms with van der Waals surface area (Å²) < 4.78 is 0. The normalized spacial score (nSPS) is 15.1. The molecule has 3 heteroatoms. The van der Waals surface area contributed by atoms with E-state index in [2.05, 4.69) is 27.4 Å². The summed E-state index contributed by atoms with van der Waals surface area (Å²) in [6, 6.07) is 0.286. The molecule has 0 bridgehead atoms. The van der Waals surface area contributed by atoms with Gasteiger partial charge in [-0.05, 0) is 12.8 Å². The average Bonchev–Trinajstić information content (AvgIpc) is 2.14. The zero-order valence-electron chi connectivity index (χ0n) is 9.36. The van der Waals surface area contributed by atoms with E-state index in [0.717, 1.165) is 6.42 Å². The van der Waals surface area contributed by atoms with Gasteiger partial charge in [-0.3, -0.25) is 9.69 Å². The van der Waals surface area contributed by atoms with Gasteiger partial charge < -0.3 is 5.11 Å². The van der Waals surface area contributed by atoms with Gasteiger partial charge >= 0.3 is 5.97 Å². The fourth-order valence-electron chi connectivity index (χ4n) is 1.42. The van der Waals surface area contributed by atoms with Crippen LogP contribution >= 0.6 is 0 Å². The number of hydrogen-bond acceptors (Lipinski definition) is 2. The van der Waals surface area contributed by atoms with Crippen molar-refractivity contribution in [2.24, 2.45) is 5.92 Å². The van der Waals surface area contributed by atoms with E-state index < -0.39 is 5.97 Å². The van der Waals surface area contributed by atoms with Gasteiger partial charge in [0.25, 0.3) is 0 Å². The fraction of sp³-hybridized carbons (Fsp3) is 0.727. The van der Waals surface area contributed by atoms with Crippen molar-refractivity contribution in [1.82, 2.24) is 4.90 Å². The van der Waals surface area contributed by atoms with E-state index in [0.29, 0.717) is 12.5 Å². The fourth-order valence-corrected chi connectivity index (χ4v) is 1.42. The number of carboxylic acids is 1. The second-order valence-corrected chi connectivity index (χ2v) is 3.74. The van der Waals surface area contributed by atoms with Crippen LogP contribution in [0.2, 0.25) is 0 Å². The quantitative estimate of drug-likeness (QED) is 0.637. The van der Waals surface area contributed by atoms with E-state index in [1.165, 1.54) is 0 Å². The zero-order valence-corrected chi connectivity index (χ0v) is 9.36. The molecule has 0 aliphatic heterocycles. The molecule has 1 N–H and O–H groups in total. The molecule has 0 aliphatic carbocycles. The van der Waals surface area contributed by atoms with Gasteiger partial charge in [0.2, 0.25) is 0 Å². The Morgan fingerprint density at radius 2 is 2.14 bits per heavy atom. The molecule has 0 saturated carbocycles. The molecule has 0 heterocycles. The Balaban J connectivity index is 4.30. The first kappa shape index (κ1) is 13.2. The van der Waals surface area contributed by atoms with Gasteiger partial charge in [0.1, 0.15) is 0 Å². The Bertz CT molecular complexity index is 192. The summed E-state index contributed by atoms with van der Waals surface area (Å²) in [4.78, 5) is 12.6. The van der Waals surface area contributed by atoms with Gasteiger partial charge in [-0.2, -0.15) is 0 Å². The molecule has 2 atom stereocenters. The number of hydrogen-bond donors (Lipinski definition) is 1. The Morgan fingerprint density at radius 3 is 2.50 bits per heavy atom. The van der Waals surface area contributed by atoms with Crippen LogP contribution in [0.5, 0.6) is 0 Å². The summed E-state index contributed by atoms with van der Waals surface area (Å²) in [6.07, 6.45) is 2.82. The summed E-state index contributed by atoms with van der Waals surface area (Å²) in [5.74, 6) is -0.267. The standard InChI is InChI=1S/C11H21NO2/c1-5-7-12(8-11(13)14)10(4)9(3)6-2/h5,9-10H,1,6-8H2,2-4H3,(H,13,14). The van der Waals surface area contributed by atoms with Crippen molar-refractivity contribution in [2.75, 3.05) is 13.1 Å². The van der Waals surface area contributed by atoms with Crippen molar-refractivity contribution in [3.05, 3.63) is 12.7 Å². The van der Waals surface area contributed by atoms with Gasteiger partial charge in [-0.15, -0.1) is 6.58 Å².